The van der Waals surface area contributed by atoms with Crippen LogP contribution in [0.15, 0.2) is 83.9 Å². The SMILES string of the molecule is CCCCc1ccc(NC(=O)CSc2cn(CCNC(=O)c3ccc(OC)cc3)c3ccccc23)cc1. The highest BCUT2D eigenvalue weighted by atomic mass is 32.2. The number of unbranched alkanes of at least 4 members (excludes halogenated alkanes) is 1. The van der Waals surface area contributed by atoms with Crippen LogP contribution in [-0.2, 0) is 17.8 Å². The highest BCUT2D eigenvalue weighted by Gasteiger charge is 2.12. The number of benzene rings is 3. The van der Waals surface area contributed by atoms with Crippen LogP contribution in [0.25, 0.3) is 10.9 Å². The summed E-state index contributed by atoms with van der Waals surface area (Å²) < 4.78 is 7.27. The Labute approximate surface area is 222 Å². The first kappa shape index (κ1) is 26.4. The van der Waals surface area contributed by atoms with Crippen LogP contribution in [0.1, 0.15) is 35.7 Å². The quantitative estimate of drug-likeness (QED) is 0.222. The van der Waals surface area contributed by atoms with E-state index >= 15 is 0 Å². The zero-order valence-electron chi connectivity index (χ0n) is 21.3. The first-order valence-corrected chi connectivity index (χ1v) is 13.6. The summed E-state index contributed by atoms with van der Waals surface area (Å²) in [5.41, 5.74) is 3.78. The van der Waals surface area contributed by atoms with Gasteiger partial charge in [-0.2, -0.15) is 0 Å². The fourth-order valence-electron chi connectivity index (χ4n) is 4.12. The fraction of sp³-hybridized carbons (Fsp3) is 0.267. The van der Waals surface area contributed by atoms with Gasteiger partial charge >= 0.3 is 0 Å². The molecule has 1 aromatic heterocycles. The molecule has 0 atom stereocenters. The molecule has 4 aromatic rings. The minimum atomic E-state index is -0.121. The number of ether oxygens (including phenoxy) is 1. The molecular weight excluding hydrogens is 482 g/mol. The second-order valence-corrected chi connectivity index (χ2v) is 9.84. The summed E-state index contributed by atoms with van der Waals surface area (Å²) >= 11 is 1.52. The van der Waals surface area contributed by atoms with Gasteiger partial charge in [-0.15, -0.1) is 11.8 Å². The summed E-state index contributed by atoms with van der Waals surface area (Å²) in [6.45, 7) is 3.30. The summed E-state index contributed by atoms with van der Waals surface area (Å²) in [5, 5.41) is 7.08. The molecule has 192 valence electrons. The third-order valence-corrected chi connectivity index (χ3v) is 7.20. The molecule has 0 saturated carbocycles. The predicted octanol–water partition coefficient (Wildman–Crippen LogP) is 6.15. The van der Waals surface area contributed by atoms with Gasteiger partial charge in [0.05, 0.1) is 12.9 Å². The normalized spacial score (nSPS) is 10.9. The van der Waals surface area contributed by atoms with Crippen LogP contribution in [0.5, 0.6) is 5.75 Å². The Morgan fingerprint density at radius 3 is 2.46 bits per heavy atom. The Morgan fingerprint density at radius 1 is 0.973 bits per heavy atom. The number of nitrogens with one attached hydrogen (secondary N) is 2. The summed E-state index contributed by atoms with van der Waals surface area (Å²) in [6.07, 6.45) is 5.47. The van der Waals surface area contributed by atoms with Crippen LogP contribution < -0.4 is 15.4 Å². The Kier molecular flexibility index (Phi) is 9.27. The number of rotatable bonds is 12. The van der Waals surface area contributed by atoms with Crippen molar-refractivity contribution in [3.8, 4) is 5.75 Å². The van der Waals surface area contributed by atoms with E-state index in [2.05, 4.69) is 52.6 Å². The molecule has 2 amide bonds. The fourth-order valence-corrected chi connectivity index (χ4v) is 5.01. The Hall–Kier alpha value is -3.71. The van der Waals surface area contributed by atoms with E-state index < -0.39 is 0 Å². The van der Waals surface area contributed by atoms with Crippen LogP contribution in [-0.4, -0.2) is 35.8 Å². The molecule has 3 aromatic carbocycles. The van der Waals surface area contributed by atoms with Gasteiger partial charge in [0.25, 0.3) is 5.91 Å². The van der Waals surface area contributed by atoms with Crippen molar-refractivity contribution in [3.63, 3.8) is 0 Å². The topological polar surface area (TPSA) is 72.4 Å². The number of hydrogen-bond acceptors (Lipinski definition) is 4. The number of aryl methyl sites for hydroxylation is 1. The lowest BCUT2D eigenvalue weighted by atomic mass is 10.1. The Bertz CT molecular complexity index is 1330. The molecule has 0 saturated heterocycles. The highest BCUT2D eigenvalue weighted by Crippen LogP contribution is 2.30. The third kappa shape index (κ3) is 7.17. The summed E-state index contributed by atoms with van der Waals surface area (Å²) in [5.74, 6) is 0.882. The summed E-state index contributed by atoms with van der Waals surface area (Å²) in [4.78, 5) is 26.1. The van der Waals surface area contributed by atoms with Crippen LogP contribution in [0.4, 0.5) is 5.69 Å². The molecule has 2 N–H and O–H groups in total. The molecule has 0 spiro atoms. The van der Waals surface area contributed by atoms with Crippen LogP contribution >= 0.6 is 11.8 Å². The molecule has 0 bridgehead atoms. The first-order chi connectivity index (χ1) is 18.1. The molecule has 0 aliphatic rings. The highest BCUT2D eigenvalue weighted by molar-refractivity contribution is 8.00. The lowest BCUT2D eigenvalue weighted by Crippen LogP contribution is -2.27. The zero-order chi connectivity index (χ0) is 26.0. The van der Waals surface area contributed by atoms with Crippen molar-refractivity contribution in [2.24, 2.45) is 0 Å². The van der Waals surface area contributed by atoms with Crippen molar-refractivity contribution in [1.29, 1.82) is 0 Å². The Morgan fingerprint density at radius 2 is 1.73 bits per heavy atom. The molecule has 0 radical (unpaired) electrons. The van der Waals surface area contributed by atoms with Gasteiger partial charge in [0.1, 0.15) is 5.75 Å². The number of fused-ring (bicyclic) bond motifs is 1. The van der Waals surface area contributed by atoms with Gasteiger partial charge in [-0.25, -0.2) is 0 Å². The van der Waals surface area contributed by atoms with Crippen LogP contribution in [0, 0.1) is 0 Å². The summed E-state index contributed by atoms with van der Waals surface area (Å²) in [6, 6.07) is 23.3. The van der Waals surface area contributed by atoms with Crippen molar-refractivity contribution in [2.45, 2.75) is 37.6 Å². The molecule has 37 heavy (non-hydrogen) atoms. The van der Waals surface area contributed by atoms with E-state index in [1.807, 2.05) is 24.3 Å². The summed E-state index contributed by atoms with van der Waals surface area (Å²) in [7, 11) is 1.60. The zero-order valence-corrected chi connectivity index (χ0v) is 22.1. The number of carbonyl (C=O) groups is 2. The van der Waals surface area contributed by atoms with Gasteiger partial charge in [-0.05, 0) is 60.9 Å². The molecular formula is C30H33N3O3S. The van der Waals surface area contributed by atoms with Crippen LogP contribution in [0.3, 0.4) is 0 Å². The lowest BCUT2D eigenvalue weighted by molar-refractivity contribution is -0.113. The van der Waals surface area contributed by atoms with E-state index in [4.69, 9.17) is 4.74 Å². The van der Waals surface area contributed by atoms with E-state index in [0.717, 1.165) is 33.7 Å². The smallest absolute Gasteiger partial charge is 0.251 e. The number of methoxy groups -OCH3 is 1. The number of hydrogen-bond donors (Lipinski definition) is 2. The molecule has 1 heterocycles. The van der Waals surface area contributed by atoms with Crippen molar-refractivity contribution >= 4 is 40.2 Å². The van der Waals surface area contributed by atoms with E-state index in [1.54, 1.807) is 31.4 Å². The number of aromatic nitrogens is 1. The van der Waals surface area contributed by atoms with E-state index in [9.17, 15) is 9.59 Å². The van der Waals surface area contributed by atoms with Crippen LogP contribution in [0.2, 0.25) is 0 Å². The number of anilines is 1. The molecule has 0 aliphatic carbocycles. The van der Waals surface area contributed by atoms with Gasteiger partial charge < -0.3 is 19.9 Å². The van der Waals surface area contributed by atoms with Crippen molar-refractivity contribution in [2.75, 3.05) is 24.7 Å². The van der Waals surface area contributed by atoms with Gasteiger partial charge in [0.2, 0.25) is 5.91 Å². The molecule has 4 rings (SSSR count). The third-order valence-electron chi connectivity index (χ3n) is 6.16. The molecule has 7 heteroatoms. The van der Waals surface area contributed by atoms with Crippen molar-refractivity contribution in [3.05, 3.63) is 90.1 Å². The average molecular weight is 516 g/mol. The lowest BCUT2D eigenvalue weighted by Gasteiger charge is -2.08. The van der Waals surface area contributed by atoms with Gasteiger partial charge in [0.15, 0.2) is 0 Å². The number of thioether (sulfide) groups is 1. The van der Waals surface area contributed by atoms with Crippen molar-refractivity contribution < 1.29 is 14.3 Å². The van der Waals surface area contributed by atoms with E-state index in [-0.39, 0.29) is 11.8 Å². The predicted molar refractivity (Wildman–Crippen MR) is 152 cm³/mol. The van der Waals surface area contributed by atoms with Gasteiger partial charge in [-0.3, -0.25) is 9.59 Å². The van der Waals surface area contributed by atoms with E-state index in [1.165, 1.54) is 30.2 Å². The first-order valence-electron chi connectivity index (χ1n) is 12.6. The maximum absolute atomic E-state index is 12.6. The maximum atomic E-state index is 12.6. The van der Waals surface area contributed by atoms with Crippen molar-refractivity contribution in [1.82, 2.24) is 9.88 Å². The minimum absolute atomic E-state index is 0.0325. The standard InChI is InChI=1S/C30H33N3O3S/c1-3-4-7-22-10-14-24(15-11-22)32-29(34)21-37-28-20-33(27-9-6-5-8-26(27)28)19-18-31-30(35)23-12-16-25(36-2)17-13-23/h5-6,8-17,20H,3-4,7,18-19,21H2,1-2H3,(H,31,35)(H,32,34). The number of para-hydroxylation sites is 1. The minimum Gasteiger partial charge on any atom is -0.497 e. The maximum Gasteiger partial charge on any atom is 0.251 e. The second-order valence-electron chi connectivity index (χ2n) is 8.83. The number of nitrogens with zero attached hydrogens (tertiary/aromatic N) is 1. The van der Waals surface area contributed by atoms with Gasteiger partial charge in [0, 0.05) is 46.3 Å². The monoisotopic (exact) mass is 515 g/mol. The van der Waals surface area contributed by atoms with E-state index in [0.29, 0.717) is 24.4 Å². The Balaban J connectivity index is 1.33. The number of amides is 2. The molecule has 0 fully saturated rings. The largest absolute Gasteiger partial charge is 0.497 e. The molecule has 0 aliphatic heterocycles. The number of carbonyl (C=O) groups excluding carboxylic acids is 2. The molecule has 6 nitrogen and oxygen atoms in total. The average Bonchev–Trinajstić information content (AvgIpc) is 3.29. The van der Waals surface area contributed by atoms with Gasteiger partial charge in [-0.1, -0.05) is 43.7 Å². The second kappa shape index (κ2) is 13.0. The molecule has 0 unspecified atom stereocenters.